The van der Waals surface area contributed by atoms with Gasteiger partial charge in [0.2, 0.25) is 0 Å². The molecule has 0 bridgehead atoms. The van der Waals surface area contributed by atoms with Gasteiger partial charge in [0.05, 0.1) is 5.69 Å². The molecular formula is C30H46Br2N2. The number of aryl methyl sites for hydroxylation is 3. The van der Waals surface area contributed by atoms with E-state index in [4.69, 9.17) is 9.97 Å². The van der Waals surface area contributed by atoms with Gasteiger partial charge >= 0.3 is 0 Å². The monoisotopic (exact) mass is 592 g/mol. The van der Waals surface area contributed by atoms with Crippen LogP contribution < -0.4 is 0 Å². The van der Waals surface area contributed by atoms with Gasteiger partial charge < -0.3 is 0 Å². The first kappa shape index (κ1) is 29.5. The van der Waals surface area contributed by atoms with Crippen LogP contribution in [-0.4, -0.2) is 9.97 Å². The third-order valence-corrected chi connectivity index (χ3v) is 8.27. The summed E-state index contributed by atoms with van der Waals surface area (Å²) in [5.74, 6) is 0. The van der Waals surface area contributed by atoms with Crippen LogP contribution in [0.25, 0.3) is 0 Å². The van der Waals surface area contributed by atoms with E-state index in [1.165, 1.54) is 93.9 Å². The highest BCUT2D eigenvalue weighted by atomic mass is 79.9. The van der Waals surface area contributed by atoms with Crippen LogP contribution >= 0.6 is 31.9 Å². The van der Waals surface area contributed by atoms with E-state index in [1.54, 1.807) is 0 Å². The van der Waals surface area contributed by atoms with Crippen molar-refractivity contribution in [3.8, 4) is 0 Å². The van der Waals surface area contributed by atoms with Gasteiger partial charge in [-0.3, -0.25) is 9.97 Å². The molecule has 0 fully saturated rings. The molecule has 4 heteroatoms. The Balaban J connectivity index is 1.84. The molecule has 0 saturated heterocycles. The molecule has 0 amide bonds. The summed E-state index contributed by atoms with van der Waals surface area (Å²) in [5.41, 5.74) is 5.24. The van der Waals surface area contributed by atoms with Gasteiger partial charge in [-0.25, -0.2) is 0 Å². The maximum atomic E-state index is 4.78. The minimum atomic E-state index is -0.271. The fourth-order valence-electron chi connectivity index (χ4n) is 4.68. The van der Waals surface area contributed by atoms with E-state index in [2.05, 4.69) is 70.0 Å². The number of rotatable bonds is 19. The quantitative estimate of drug-likeness (QED) is 0.120. The van der Waals surface area contributed by atoms with Gasteiger partial charge in [-0.05, 0) is 68.2 Å². The third-order valence-electron chi connectivity index (χ3n) is 6.73. The van der Waals surface area contributed by atoms with Gasteiger partial charge in [0.15, 0.2) is 0 Å². The van der Waals surface area contributed by atoms with Crippen LogP contribution in [-0.2, 0) is 22.5 Å². The molecule has 0 unspecified atom stereocenters. The van der Waals surface area contributed by atoms with Crippen molar-refractivity contribution in [1.82, 2.24) is 9.97 Å². The van der Waals surface area contributed by atoms with E-state index >= 15 is 0 Å². The van der Waals surface area contributed by atoms with Crippen LogP contribution in [0.15, 0.2) is 36.7 Å². The van der Waals surface area contributed by atoms with Crippen molar-refractivity contribution in [2.24, 2.45) is 0 Å². The van der Waals surface area contributed by atoms with Gasteiger partial charge in [0.25, 0.3) is 0 Å². The molecule has 0 N–H and O–H groups in total. The molecule has 0 aliphatic carbocycles. The van der Waals surface area contributed by atoms with Gasteiger partial charge in [-0.1, -0.05) is 122 Å². The normalized spacial score (nSPS) is 11.8. The maximum absolute atomic E-state index is 4.78. The molecule has 2 aromatic heterocycles. The lowest BCUT2D eigenvalue weighted by atomic mass is 9.98. The summed E-state index contributed by atoms with van der Waals surface area (Å²) in [6.45, 7) is 4.55. The zero-order chi connectivity index (χ0) is 24.5. The van der Waals surface area contributed by atoms with E-state index in [0.29, 0.717) is 0 Å². The van der Waals surface area contributed by atoms with Crippen LogP contribution in [0, 0.1) is 0 Å². The summed E-state index contributed by atoms with van der Waals surface area (Å²) in [4.78, 5) is 9.53. The summed E-state index contributed by atoms with van der Waals surface area (Å²) >= 11 is 7.96. The summed E-state index contributed by atoms with van der Waals surface area (Å²) in [5, 5.41) is 0. The average Bonchev–Trinajstić information content (AvgIpc) is 2.84. The van der Waals surface area contributed by atoms with E-state index in [-0.39, 0.29) is 3.23 Å². The predicted octanol–water partition coefficient (Wildman–Crippen LogP) is 10.2. The van der Waals surface area contributed by atoms with Gasteiger partial charge in [0, 0.05) is 18.1 Å². The molecule has 0 aliphatic rings. The molecule has 0 radical (unpaired) electrons. The smallest absolute Gasteiger partial charge is 0.122 e. The van der Waals surface area contributed by atoms with Crippen molar-refractivity contribution >= 4 is 31.9 Å². The van der Waals surface area contributed by atoms with Crippen molar-refractivity contribution in [1.29, 1.82) is 0 Å². The first-order valence-electron chi connectivity index (χ1n) is 13.8. The lowest BCUT2D eigenvalue weighted by Gasteiger charge is -2.23. The molecule has 0 saturated carbocycles. The van der Waals surface area contributed by atoms with Crippen molar-refractivity contribution < 1.29 is 0 Å². The van der Waals surface area contributed by atoms with E-state index in [9.17, 15) is 0 Å². The Labute approximate surface area is 226 Å². The zero-order valence-corrected chi connectivity index (χ0v) is 24.8. The molecule has 0 aromatic carbocycles. The summed E-state index contributed by atoms with van der Waals surface area (Å²) in [7, 11) is 0. The number of hydrogen-bond donors (Lipinski definition) is 0. The molecule has 0 spiro atoms. The molecule has 2 heterocycles. The van der Waals surface area contributed by atoms with Gasteiger partial charge in [-0.2, -0.15) is 0 Å². The highest BCUT2D eigenvalue weighted by molar-refractivity contribution is 9.24. The fraction of sp³-hybridized carbons (Fsp3) is 0.667. The summed E-state index contributed by atoms with van der Waals surface area (Å²) < 4.78 is -0.271. The van der Waals surface area contributed by atoms with E-state index < -0.39 is 0 Å². The Morgan fingerprint density at radius 1 is 0.618 bits per heavy atom. The molecule has 190 valence electrons. The van der Waals surface area contributed by atoms with Crippen LogP contribution in [0.4, 0.5) is 0 Å². The molecule has 34 heavy (non-hydrogen) atoms. The molecule has 2 aromatic rings. The Morgan fingerprint density at radius 2 is 1.15 bits per heavy atom. The second kappa shape index (κ2) is 17.7. The van der Waals surface area contributed by atoms with Crippen LogP contribution in [0.3, 0.4) is 0 Å². The molecule has 0 aliphatic heterocycles. The fourth-order valence-corrected chi connectivity index (χ4v) is 5.96. The highest BCUT2D eigenvalue weighted by Gasteiger charge is 2.29. The van der Waals surface area contributed by atoms with Crippen LogP contribution in [0.1, 0.15) is 126 Å². The Bertz CT molecular complexity index is 791. The molecule has 0 atom stereocenters. The number of nitrogens with zero attached hydrogens (tertiary/aromatic N) is 2. The largest absolute Gasteiger partial charge is 0.261 e. The first-order chi connectivity index (χ1) is 16.6. The van der Waals surface area contributed by atoms with Gasteiger partial charge in [-0.15, -0.1) is 0 Å². The second-order valence-corrected chi connectivity index (χ2v) is 13.5. The number of halogens is 2. The zero-order valence-electron chi connectivity index (χ0n) is 21.6. The standard InChI is InChI=1S/C30H46Br2N2/c1-3-5-7-9-11-13-18-26-20-16-24-33-28(26)22-15-23-30(31,32)29-27(21-17-25-34-29)19-14-12-10-8-6-4-2/h16-17,20-21,24-25H,3-15,18-19,22-23H2,1-2H3. The number of pyridine rings is 2. The third kappa shape index (κ3) is 11.3. The molecular weight excluding hydrogens is 548 g/mol. The predicted molar refractivity (Wildman–Crippen MR) is 155 cm³/mol. The van der Waals surface area contributed by atoms with Crippen LogP contribution in [0.2, 0.25) is 0 Å². The summed E-state index contributed by atoms with van der Waals surface area (Å²) in [6, 6.07) is 8.70. The number of alkyl halides is 2. The lowest BCUT2D eigenvalue weighted by Crippen LogP contribution is -2.15. The Kier molecular flexibility index (Phi) is 15.3. The number of aromatic nitrogens is 2. The molecule has 2 nitrogen and oxygen atoms in total. The number of hydrogen-bond acceptors (Lipinski definition) is 2. The average molecular weight is 595 g/mol. The van der Waals surface area contributed by atoms with Crippen molar-refractivity contribution in [2.45, 2.75) is 126 Å². The minimum Gasteiger partial charge on any atom is -0.261 e. The first-order valence-corrected chi connectivity index (χ1v) is 15.4. The maximum Gasteiger partial charge on any atom is 0.122 e. The second-order valence-electron chi connectivity index (χ2n) is 9.71. The topological polar surface area (TPSA) is 25.8 Å². The minimum absolute atomic E-state index is 0.271. The van der Waals surface area contributed by atoms with E-state index in [0.717, 1.165) is 37.8 Å². The Morgan fingerprint density at radius 3 is 1.79 bits per heavy atom. The van der Waals surface area contributed by atoms with Crippen molar-refractivity contribution in [3.05, 3.63) is 59.2 Å². The van der Waals surface area contributed by atoms with E-state index in [1.807, 2.05) is 12.4 Å². The van der Waals surface area contributed by atoms with Crippen molar-refractivity contribution in [3.63, 3.8) is 0 Å². The van der Waals surface area contributed by atoms with Gasteiger partial charge in [0.1, 0.15) is 3.23 Å². The number of unbranched alkanes of at least 4 members (excludes halogenated alkanes) is 10. The lowest BCUT2D eigenvalue weighted by molar-refractivity contribution is 0.601. The van der Waals surface area contributed by atoms with Crippen molar-refractivity contribution in [2.75, 3.05) is 0 Å². The summed E-state index contributed by atoms with van der Waals surface area (Å²) in [6.07, 6.45) is 25.2. The highest BCUT2D eigenvalue weighted by Crippen LogP contribution is 2.43. The van der Waals surface area contributed by atoms with Crippen LogP contribution in [0.5, 0.6) is 0 Å². The molecule has 2 rings (SSSR count). The SMILES string of the molecule is CCCCCCCCc1cccnc1CCCC(Br)(Br)c1ncccc1CCCCCCCC. The Hall–Kier alpha value is -0.740.